The first-order chi connectivity index (χ1) is 10.4. The maximum absolute atomic E-state index is 11.5. The van der Waals surface area contributed by atoms with Crippen molar-refractivity contribution in [3.8, 4) is 0 Å². The van der Waals surface area contributed by atoms with Crippen LogP contribution in [-0.2, 0) is 6.42 Å². The lowest BCUT2D eigenvalue weighted by Gasteiger charge is -2.09. The number of aryl methyl sites for hydroxylation is 4. The molecule has 2 heterocycles. The Balaban J connectivity index is 2.10. The van der Waals surface area contributed by atoms with Crippen LogP contribution in [0.1, 0.15) is 34.2 Å². The Bertz CT molecular complexity index is 928. The molecule has 5 nitrogen and oxygen atoms in total. The SMILES string of the molecule is Cc1cc(C)c2nc(Cc3nc(C)cc(=O)[nH]3)nc(C)c2c1. The van der Waals surface area contributed by atoms with Crippen LogP contribution in [0.4, 0.5) is 0 Å². The molecule has 1 N–H and O–H groups in total. The molecule has 22 heavy (non-hydrogen) atoms. The smallest absolute Gasteiger partial charge is 0.251 e. The highest BCUT2D eigenvalue weighted by molar-refractivity contribution is 5.84. The van der Waals surface area contributed by atoms with Gasteiger partial charge in [-0.1, -0.05) is 11.6 Å². The standard InChI is InChI=1S/C17H18N4O/c1-9-5-10(2)17-13(6-9)12(4)19-15(21-17)8-14-18-11(3)7-16(22)20-14/h5-7H,8H2,1-4H3,(H,18,20,22). The second kappa shape index (κ2) is 5.33. The summed E-state index contributed by atoms with van der Waals surface area (Å²) in [5, 5.41) is 1.08. The highest BCUT2D eigenvalue weighted by atomic mass is 16.1. The molecule has 112 valence electrons. The van der Waals surface area contributed by atoms with Crippen molar-refractivity contribution >= 4 is 10.9 Å². The first kappa shape index (κ1) is 14.4. The van der Waals surface area contributed by atoms with Crippen LogP contribution >= 0.6 is 0 Å². The molecule has 5 heteroatoms. The lowest BCUT2D eigenvalue weighted by molar-refractivity contribution is 0.865. The molecule has 0 bridgehead atoms. The summed E-state index contributed by atoms with van der Waals surface area (Å²) in [5.74, 6) is 1.26. The van der Waals surface area contributed by atoms with Gasteiger partial charge in [-0.15, -0.1) is 0 Å². The molecule has 1 aromatic carbocycles. The zero-order chi connectivity index (χ0) is 15.9. The molecule has 3 aromatic rings. The van der Waals surface area contributed by atoms with Gasteiger partial charge in [-0.05, 0) is 39.3 Å². The van der Waals surface area contributed by atoms with Crippen LogP contribution < -0.4 is 5.56 Å². The molecule has 0 unspecified atom stereocenters. The molecule has 0 amide bonds. The second-order valence-electron chi connectivity index (χ2n) is 5.71. The fraction of sp³-hybridized carbons (Fsp3) is 0.294. The summed E-state index contributed by atoms with van der Waals surface area (Å²) in [7, 11) is 0. The van der Waals surface area contributed by atoms with Gasteiger partial charge in [0.25, 0.3) is 5.56 Å². The van der Waals surface area contributed by atoms with E-state index in [1.807, 2.05) is 6.92 Å². The van der Waals surface area contributed by atoms with E-state index in [0.29, 0.717) is 23.8 Å². The van der Waals surface area contributed by atoms with Crippen LogP contribution in [0, 0.1) is 27.7 Å². The predicted octanol–water partition coefficient (Wildman–Crippen LogP) is 2.54. The van der Waals surface area contributed by atoms with Crippen LogP contribution in [0.3, 0.4) is 0 Å². The van der Waals surface area contributed by atoms with E-state index in [9.17, 15) is 4.79 Å². The Labute approximate surface area is 128 Å². The molecular weight excluding hydrogens is 276 g/mol. The average molecular weight is 294 g/mol. The van der Waals surface area contributed by atoms with Crippen LogP contribution in [0.15, 0.2) is 23.0 Å². The normalized spacial score (nSPS) is 11.1. The predicted molar refractivity (Wildman–Crippen MR) is 86.1 cm³/mol. The van der Waals surface area contributed by atoms with Gasteiger partial charge in [-0.3, -0.25) is 4.79 Å². The van der Waals surface area contributed by atoms with Crippen LogP contribution in [0.25, 0.3) is 10.9 Å². The van der Waals surface area contributed by atoms with Gasteiger partial charge in [0, 0.05) is 22.8 Å². The van der Waals surface area contributed by atoms with Gasteiger partial charge in [0.2, 0.25) is 0 Å². The lowest BCUT2D eigenvalue weighted by Crippen LogP contribution is -2.13. The molecule has 0 aliphatic rings. The fourth-order valence-corrected chi connectivity index (χ4v) is 2.75. The number of nitrogens with zero attached hydrogens (tertiary/aromatic N) is 3. The monoisotopic (exact) mass is 294 g/mol. The molecule has 2 aromatic heterocycles. The van der Waals surface area contributed by atoms with Crippen molar-refractivity contribution in [2.24, 2.45) is 0 Å². The van der Waals surface area contributed by atoms with Crippen molar-refractivity contribution < 1.29 is 0 Å². The van der Waals surface area contributed by atoms with Crippen molar-refractivity contribution in [1.82, 2.24) is 19.9 Å². The number of nitrogens with one attached hydrogen (secondary N) is 1. The van der Waals surface area contributed by atoms with E-state index in [4.69, 9.17) is 0 Å². The number of rotatable bonds is 2. The van der Waals surface area contributed by atoms with Gasteiger partial charge >= 0.3 is 0 Å². The van der Waals surface area contributed by atoms with Crippen molar-refractivity contribution in [3.63, 3.8) is 0 Å². The van der Waals surface area contributed by atoms with Gasteiger partial charge in [0.15, 0.2) is 0 Å². The summed E-state index contributed by atoms with van der Waals surface area (Å²) in [6.07, 6.45) is 0.418. The van der Waals surface area contributed by atoms with Crippen molar-refractivity contribution in [1.29, 1.82) is 0 Å². The van der Waals surface area contributed by atoms with E-state index in [2.05, 4.69) is 45.9 Å². The molecule has 0 aliphatic carbocycles. The van der Waals surface area contributed by atoms with Crippen LogP contribution in [0.5, 0.6) is 0 Å². The Morgan fingerprint density at radius 3 is 2.50 bits per heavy atom. The molecule has 0 aliphatic heterocycles. The topological polar surface area (TPSA) is 71.5 Å². The third kappa shape index (κ3) is 2.74. The summed E-state index contributed by atoms with van der Waals surface area (Å²) in [6, 6.07) is 5.70. The van der Waals surface area contributed by atoms with Gasteiger partial charge in [0.1, 0.15) is 11.6 Å². The first-order valence-electron chi connectivity index (χ1n) is 7.23. The number of benzene rings is 1. The number of aromatic nitrogens is 4. The van der Waals surface area contributed by atoms with Crippen LogP contribution in [0.2, 0.25) is 0 Å². The van der Waals surface area contributed by atoms with Crippen molar-refractivity contribution in [2.75, 3.05) is 0 Å². The Kier molecular flexibility index (Phi) is 3.48. The zero-order valence-corrected chi connectivity index (χ0v) is 13.2. The Morgan fingerprint density at radius 2 is 1.77 bits per heavy atom. The minimum atomic E-state index is -0.146. The summed E-state index contributed by atoms with van der Waals surface area (Å²) in [6.45, 7) is 7.91. The minimum Gasteiger partial charge on any atom is -0.310 e. The van der Waals surface area contributed by atoms with E-state index in [-0.39, 0.29) is 5.56 Å². The lowest BCUT2D eigenvalue weighted by atomic mass is 10.1. The van der Waals surface area contributed by atoms with E-state index >= 15 is 0 Å². The number of hydrogen-bond donors (Lipinski definition) is 1. The van der Waals surface area contributed by atoms with Crippen molar-refractivity contribution in [2.45, 2.75) is 34.1 Å². The van der Waals surface area contributed by atoms with E-state index in [0.717, 1.165) is 22.2 Å². The summed E-state index contributed by atoms with van der Waals surface area (Å²) >= 11 is 0. The number of aromatic amines is 1. The third-order valence-electron chi connectivity index (χ3n) is 3.62. The summed E-state index contributed by atoms with van der Waals surface area (Å²) in [4.78, 5) is 27.8. The van der Waals surface area contributed by atoms with Crippen molar-refractivity contribution in [3.05, 3.63) is 62.7 Å². The Hall–Kier alpha value is -2.56. The van der Waals surface area contributed by atoms with Gasteiger partial charge < -0.3 is 4.98 Å². The third-order valence-corrected chi connectivity index (χ3v) is 3.62. The highest BCUT2D eigenvalue weighted by Gasteiger charge is 2.09. The van der Waals surface area contributed by atoms with Gasteiger partial charge in [-0.2, -0.15) is 0 Å². The quantitative estimate of drug-likeness (QED) is 0.788. The average Bonchev–Trinajstić information content (AvgIpc) is 2.39. The largest absolute Gasteiger partial charge is 0.310 e. The number of hydrogen-bond acceptors (Lipinski definition) is 4. The van der Waals surface area contributed by atoms with Gasteiger partial charge in [0.05, 0.1) is 11.9 Å². The summed E-state index contributed by atoms with van der Waals surface area (Å²) < 4.78 is 0. The number of H-pyrrole nitrogens is 1. The highest BCUT2D eigenvalue weighted by Crippen LogP contribution is 2.21. The molecule has 0 spiro atoms. The molecule has 0 fully saturated rings. The Morgan fingerprint density at radius 1 is 1.00 bits per heavy atom. The molecule has 3 rings (SSSR count). The van der Waals surface area contributed by atoms with E-state index < -0.39 is 0 Å². The minimum absolute atomic E-state index is 0.146. The van der Waals surface area contributed by atoms with E-state index in [1.54, 1.807) is 6.92 Å². The fourth-order valence-electron chi connectivity index (χ4n) is 2.75. The molecular formula is C17H18N4O. The molecule has 0 saturated carbocycles. The molecule has 0 atom stereocenters. The maximum atomic E-state index is 11.5. The zero-order valence-electron chi connectivity index (χ0n) is 13.2. The van der Waals surface area contributed by atoms with Crippen LogP contribution in [-0.4, -0.2) is 19.9 Å². The first-order valence-corrected chi connectivity index (χ1v) is 7.23. The van der Waals surface area contributed by atoms with Gasteiger partial charge in [-0.25, -0.2) is 15.0 Å². The molecule has 0 radical (unpaired) electrons. The van der Waals surface area contributed by atoms with E-state index in [1.165, 1.54) is 11.6 Å². The summed E-state index contributed by atoms with van der Waals surface area (Å²) in [5.41, 5.74) is 4.79. The second-order valence-corrected chi connectivity index (χ2v) is 5.71. The number of fused-ring (bicyclic) bond motifs is 1. The molecule has 0 saturated heterocycles. The maximum Gasteiger partial charge on any atom is 0.251 e.